The number of carbonyl (C=O) groups excluding carboxylic acids is 1. The van der Waals surface area contributed by atoms with E-state index >= 15 is 0 Å². The minimum atomic E-state index is -0.0650. The first-order valence-electron chi connectivity index (χ1n) is 9.93. The maximum absolute atomic E-state index is 12.5. The molecule has 1 N–H and O–H groups in total. The molecule has 0 bridgehead atoms. The van der Waals surface area contributed by atoms with Crippen LogP contribution < -0.4 is 14.8 Å². The van der Waals surface area contributed by atoms with Gasteiger partial charge in [0.15, 0.2) is 0 Å². The van der Waals surface area contributed by atoms with Crippen molar-refractivity contribution >= 4 is 28.4 Å². The van der Waals surface area contributed by atoms with Gasteiger partial charge in [-0.3, -0.25) is 4.79 Å². The number of nitrogens with zero attached hydrogens (tertiary/aromatic N) is 2. The van der Waals surface area contributed by atoms with Gasteiger partial charge in [-0.2, -0.15) is 0 Å². The van der Waals surface area contributed by atoms with Gasteiger partial charge in [-0.1, -0.05) is 6.07 Å². The standard InChI is InChI=1S/C23H26ClN3O3/c1-15(2)25-21(28)14-17-12-16-13-18(30-11-5-10-24)8-9-19(16)27-23(17)20-6-4-7-22(26-20)29-3/h4,6-9,12-13,15H,5,10-11,14H2,1-3H3,(H,25,28). The molecule has 0 aliphatic rings. The van der Waals surface area contributed by atoms with E-state index in [0.717, 1.165) is 28.6 Å². The first-order chi connectivity index (χ1) is 14.5. The summed E-state index contributed by atoms with van der Waals surface area (Å²) in [5, 5.41) is 3.84. The molecule has 1 amide bonds. The van der Waals surface area contributed by atoms with Crippen LogP contribution in [0.2, 0.25) is 0 Å². The number of alkyl halides is 1. The third kappa shape index (κ3) is 5.60. The molecule has 0 radical (unpaired) electrons. The molecule has 7 heteroatoms. The molecule has 158 valence electrons. The van der Waals surface area contributed by atoms with Crippen LogP contribution in [0.1, 0.15) is 25.8 Å². The van der Waals surface area contributed by atoms with E-state index in [1.54, 1.807) is 13.2 Å². The summed E-state index contributed by atoms with van der Waals surface area (Å²) in [5.41, 5.74) is 2.91. The highest BCUT2D eigenvalue weighted by atomic mass is 35.5. The fourth-order valence-electron chi connectivity index (χ4n) is 3.10. The number of hydrogen-bond acceptors (Lipinski definition) is 5. The average molecular weight is 428 g/mol. The fourth-order valence-corrected chi connectivity index (χ4v) is 3.20. The van der Waals surface area contributed by atoms with Gasteiger partial charge in [0.1, 0.15) is 5.75 Å². The van der Waals surface area contributed by atoms with Gasteiger partial charge >= 0.3 is 0 Å². The number of pyridine rings is 2. The van der Waals surface area contributed by atoms with Gasteiger partial charge in [-0.15, -0.1) is 11.6 Å². The fraction of sp³-hybridized carbons (Fsp3) is 0.348. The van der Waals surface area contributed by atoms with Gasteiger partial charge < -0.3 is 14.8 Å². The highest BCUT2D eigenvalue weighted by Crippen LogP contribution is 2.28. The van der Waals surface area contributed by atoms with Crippen molar-refractivity contribution in [2.45, 2.75) is 32.7 Å². The van der Waals surface area contributed by atoms with Gasteiger partial charge in [-0.05, 0) is 56.2 Å². The zero-order chi connectivity index (χ0) is 21.5. The molecule has 0 saturated carbocycles. The number of aromatic nitrogens is 2. The van der Waals surface area contributed by atoms with Crippen molar-refractivity contribution in [2.75, 3.05) is 19.6 Å². The van der Waals surface area contributed by atoms with Crippen LogP contribution in [0, 0.1) is 0 Å². The molecule has 2 aromatic heterocycles. The molecular weight excluding hydrogens is 402 g/mol. The van der Waals surface area contributed by atoms with E-state index in [9.17, 15) is 4.79 Å². The molecule has 1 aromatic carbocycles. The van der Waals surface area contributed by atoms with Crippen LogP contribution in [0.15, 0.2) is 42.5 Å². The Bertz CT molecular complexity index is 1020. The van der Waals surface area contributed by atoms with E-state index < -0.39 is 0 Å². The smallest absolute Gasteiger partial charge is 0.224 e. The SMILES string of the molecule is COc1cccc(-c2nc3ccc(OCCCCl)cc3cc2CC(=O)NC(C)C)n1. The number of benzene rings is 1. The lowest BCUT2D eigenvalue weighted by Crippen LogP contribution is -2.31. The largest absolute Gasteiger partial charge is 0.494 e. The Kier molecular flexibility index (Phi) is 7.46. The monoisotopic (exact) mass is 427 g/mol. The molecule has 0 atom stereocenters. The summed E-state index contributed by atoms with van der Waals surface area (Å²) in [5.74, 6) is 1.74. The molecule has 6 nitrogen and oxygen atoms in total. The van der Waals surface area contributed by atoms with Crippen LogP contribution in [0.25, 0.3) is 22.3 Å². The first-order valence-corrected chi connectivity index (χ1v) is 10.5. The number of halogens is 1. The van der Waals surface area contributed by atoms with Crippen LogP contribution in [-0.4, -0.2) is 41.5 Å². The van der Waals surface area contributed by atoms with Crippen molar-refractivity contribution in [1.29, 1.82) is 0 Å². The molecule has 0 unspecified atom stereocenters. The van der Waals surface area contributed by atoms with Crippen molar-refractivity contribution in [3.8, 4) is 23.0 Å². The summed E-state index contributed by atoms with van der Waals surface area (Å²) >= 11 is 5.72. The predicted octanol–water partition coefficient (Wildman–Crippen LogP) is 4.38. The van der Waals surface area contributed by atoms with Gasteiger partial charge in [0.25, 0.3) is 0 Å². The Labute approximate surface area is 181 Å². The second-order valence-corrected chi connectivity index (χ2v) is 7.58. The summed E-state index contributed by atoms with van der Waals surface area (Å²) in [6.07, 6.45) is 0.978. The molecule has 0 saturated heterocycles. The average Bonchev–Trinajstić information content (AvgIpc) is 2.73. The van der Waals surface area contributed by atoms with Gasteiger partial charge in [0.05, 0.1) is 37.0 Å². The Morgan fingerprint density at radius 2 is 2.00 bits per heavy atom. The number of rotatable bonds is 9. The highest BCUT2D eigenvalue weighted by molar-refractivity contribution is 6.17. The van der Waals surface area contributed by atoms with Crippen molar-refractivity contribution in [1.82, 2.24) is 15.3 Å². The van der Waals surface area contributed by atoms with Crippen LogP contribution in [-0.2, 0) is 11.2 Å². The quantitative estimate of drug-likeness (QED) is 0.405. The van der Waals surface area contributed by atoms with Gasteiger partial charge in [0, 0.05) is 23.4 Å². The molecular formula is C23H26ClN3O3. The zero-order valence-corrected chi connectivity index (χ0v) is 18.2. The molecule has 0 spiro atoms. The maximum atomic E-state index is 12.5. The third-order valence-electron chi connectivity index (χ3n) is 4.39. The van der Waals surface area contributed by atoms with E-state index in [1.165, 1.54) is 0 Å². The van der Waals surface area contributed by atoms with Crippen LogP contribution in [0.5, 0.6) is 11.6 Å². The van der Waals surface area contributed by atoms with Crippen LogP contribution in [0.4, 0.5) is 0 Å². The molecule has 2 heterocycles. The van der Waals surface area contributed by atoms with Crippen LogP contribution in [0.3, 0.4) is 0 Å². The van der Waals surface area contributed by atoms with Crippen molar-refractivity contribution < 1.29 is 14.3 Å². The Balaban J connectivity index is 2.04. The highest BCUT2D eigenvalue weighted by Gasteiger charge is 2.15. The zero-order valence-electron chi connectivity index (χ0n) is 17.4. The van der Waals surface area contributed by atoms with Gasteiger partial charge in [0.2, 0.25) is 11.8 Å². The van der Waals surface area contributed by atoms with Gasteiger partial charge in [-0.25, -0.2) is 9.97 Å². The minimum absolute atomic E-state index is 0.0613. The number of amides is 1. The van der Waals surface area contributed by atoms with E-state index in [0.29, 0.717) is 29.8 Å². The Hall–Kier alpha value is -2.86. The summed E-state index contributed by atoms with van der Waals surface area (Å²) < 4.78 is 11.0. The third-order valence-corrected chi connectivity index (χ3v) is 4.66. The summed E-state index contributed by atoms with van der Waals surface area (Å²) in [6.45, 7) is 4.43. The molecule has 0 fully saturated rings. The topological polar surface area (TPSA) is 73.3 Å². The van der Waals surface area contributed by atoms with Crippen molar-refractivity contribution in [3.05, 3.63) is 48.0 Å². The lowest BCUT2D eigenvalue weighted by Gasteiger charge is -2.13. The Morgan fingerprint density at radius 3 is 2.73 bits per heavy atom. The number of fused-ring (bicyclic) bond motifs is 1. The van der Waals surface area contributed by atoms with Crippen molar-refractivity contribution in [3.63, 3.8) is 0 Å². The van der Waals surface area contributed by atoms with E-state index in [1.807, 2.05) is 50.2 Å². The predicted molar refractivity (Wildman–Crippen MR) is 119 cm³/mol. The molecule has 3 rings (SSSR count). The number of methoxy groups -OCH3 is 1. The second-order valence-electron chi connectivity index (χ2n) is 7.21. The second kappa shape index (κ2) is 10.3. The number of ether oxygens (including phenoxy) is 2. The lowest BCUT2D eigenvalue weighted by molar-refractivity contribution is -0.120. The molecule has 3 aromatic rings. The molecule has 0 aliphatic carbocycles. The normalized spacial score (nSPS) is 11.0. The molecule has 30 heavy (non-hydrogen) atoms. The summed E-state index contributed by atoms with van der Waals surface area (Å²) in [7, 11) is 1.57. The number of carbonyl (C=O) groups is 1. The van der Waals surface area contributed by atoms with Crippen molar-refractivity contribution in [2.24, 2.45) is 0 Å². The maximum Gasteiger partial charge on any atom is 0.224 e. The Morgan fingerprint density at radius 1 is 1.17 bits per heavy atom. The van der Waals surface area contributed by atoms with E-state index in [-0.39, 0.29) is 18.4 Å². The number of nitrogens with one attached hydrogen (secondary N) is 1. The summed E-state index contributed by atoms with van der Waals surface area (Å²) in [6, 6.07) is 13.3. The number of hydrogen-bond donors (Lipinski definition) is 1. The minimum Gasteiger partial charge on any atom is -0.494 e. The van der Waals surface area contributed by atoms with E-state index in [2.05, 4.69) is 10.3 Å². The first kappa shape index (κ1) is 21.8. The summed E-state index contributed by atoms with van der Waals surface area (Å²) in [4.78, 5) is 21.8. The van der Waals surface area contributed by atoms with E-state index in [4.69, 9.17) is 26.1 Å². The molecule has 0 aliphatic heterocycles. The van der Waals surface area contributed by atoms with Crippen LogP contribution >= 0.6 is 11.6 Å². The lowest BCUT2D eigenvalue weighted by atomic mass is 10.0.